The van der Waals surface area contributed by atoms with E-state index in [9.17, 15) is 4.79 Å². The smallest absolute Gasteiger partial charge is 0.226 e. The molecule has 0 N–H and O–H groups in total. The minimum absolute atomic E-state index is 0.244. The molecule has 1 spiro atoms. The molecule has 1 amide bonds. The molecule has 25 heavy (non-hydrogen) atoms. The predicted molar refractivity (Wildman–Crippen MR) is 103 cm³/mol. The minimum atomic E-state index is 0.244. The quantitative estimate of drug-likeness (QED) is 0.750. The summed E-state index contributed by atoms with van der Waals surface area (Å²) in [4.78, 5) is 16.8. The number of hydrogen-bond donors (Lipinski definition) is 0. The van der Waals surface area contributed by atoms with Crippen LogP contribution in [-0.2, 0) is 11.3 Å². The van der Waals surface area contributed by atoms with Crippen LogP contribution in [0.4, 0.5) is 0 Å². The van der Waals surface area contributed by atoms with Gasteiger partial charge in [-0.1, -0.05) is 44.2 Å². The summed E-state index contributed by atoms with van der Waals surface area (Å²) in [6.45, 7) is 13.4. The molecule has 136 valence electrons. The molecule has 0 aromatic heterocycles. The van der Waals surface area contributed by atoms with Crippen molar-refractivity contribution < 1.29 is 4.79 Å². The summed E-state index contributed by atoms with van der Waals surface area (Å²) in [5, 5.41) is 0. The molecule has 0 bridgehead atoms. The van der Waals surface area contributed by atoms with Crippen LogP contribution in [0.3, 0.4) is 0 Å². The molecule has 0 saturated carbocycles. The summed E-state index contributed by atoms with van der Waals surface area (Å²) in [5.41, 5.74) is 3.12. The van der Waals surface area contributed by atoms with Crippen molar-refractivity contribution in [3.8, 4) is 0 Å². The van der Waals surface area contributed by atoms with Crippen molar-refractivity contribution in [1.29, 1.82) is 0 Å². The van der Waals surface area contributed by atoms with E-state index in [1.807, 2.05) is 0 Å². The highest BCUT2D eigenvalue weighted by molar-refractivity contribution is 5.78. The van der Waals surface area contributed by atoms with Gasteiger partial charge in [0.2, 0.25) is 5.91 Å². The Morgan fingerprint density at radius 1 is 1.20 bits per heavy atom. The maximum atomic E-state index is 12.2. The van der Waals surface area contributed by atoms with E-state index in [0.29, 0.717) is 17.8 Å². The van der Waals surface area contributed by atoms with Gasteiger partial charge in [0.25, 0.3) is 0 Å². The Balaban J connectivity index is 1.60. The fraction of sp³-hybridized carbons (Fsp3) is 0.591. The van der Waals surface area contributed by atoms with Gasteiger partial charge in [0.1, 0.15) is 0 Å². The maximum absolute atomic E-state index is 12.2. The van der Waals surface area contributed by atoms with E-state index < -0.39 is 0 Å². The molecule has 0 radical (unpaired) electrons. The molecule has 3 rings (SSSR count). The molecule has 2 aliphatic rings. The maximum Gasteiger partial charge on any atom is 0.226 e. The van der Waals surface area contributed by atoms with Crippen LogP contribution < -0.4 is 0 Å². The zero-order chi connectivity index (χ0) is 17.9. The number of rotatable bonds is 5. The number of piperidine rings is 1. The second-order valence-electron chi connectivity index (χ2n) is 8.27. The second-order valence-corrected chi connectivity index (χ2v) is 8.27. The zero-order valence-corrected chi connectivity index (χ0v) is 15.8. The average molecular weight is 341 g/mol. The fourth-order valence-electron chi connectivity index (χ4n) is 4.44. The molecule has 1 unspecified atom stereocenters. The summed E-state index contributed by atoms with van der Waals surface area (Å²) in [5.74, 6) is 0.832. The average Bonchev–Trinajstić information content (AvgIpc) is 2.99. The zero-order valence-electron chi connectivity index (χ0n) is 15.8. The van der Waals surface area contributed by atoms with Crippen LogP contribution in [0.1, 0.15) is 56.6 Å². The van der Waals surface area contributed by atoms with Crippen molar-refractivity contribution in [2.24, 2.45) is 5.41 Å². The first-order valence-electron chi connectivity index (χ1n) is 9.71. The molecular formula is C22H32N2O. The molecule has 0 aliphatic carbocycles. The van der Waals surface area contributed by atoms with Gasteiger partial charge in [0.15, 0.2) is 0 Å². The van der Waals surface area contributed by atoms with Gasteiger partial charge in [-0.25, -0.2) is 0 Å². The normalized spacial score (nSPS) is 24.2. The fourth-order valence-corrected chi connectivity index (χ4v) is 4.44. The van der Waals surface area contributed by atoms with Crippen molar-refractivity contribution in [2.45, 2.75) is 52.0 Å². The van der Waals surface area contributed by atoms with Crippen molar-refractivity contribution in [3.05, 3.63) is 48.0 Å². The second kappa shape index (κ2) is 7.74. The number of carbonyl (C=O) groups is 1. The van der Waals surface area contributed by atoms with Crippen LogP contribution >= 0.6 is 0 Å². The minimum Gasteiger partial charge on any atom is -0.342 e. The van der Waals surface area contributed by atoms with Gasteiger partial charge in [-0.15, -0.1) is 6.58 Å². The van der Waals surface area contributed by atoms with E-state index in [-0.39, 0.29) is 5.91 Å². The molecule has 1 aromatic carbocycles. The first-order chi connectivity index (χ1) is 12.0. The molecular weight excluding hydrogens is 308 g/mol. The van der Waals surface area contributed by atoms with Crippen molar-refractivity contribution in [1.82, 2.24) is 9.80 Å². The van der Waals surface area contributed by atoms with Crippen LogP contribution in [0, 0.1) is 5.41 Å². The Kier molecular flexibility index (Phi) is 5.63. The number of benzene rings is 1. The van der Waals surface area contributed by atoms with Crippen LogP contribution in [0.25, 0.3) is 0 Å². The van der Waals surface area contributed by atoms with Crippen molar-refractivity contribution >= 4 is 5.91 Å². The first-order valence-corrected chi connectivity index (χ1v) is 9.71. The number of carbonyl (C=O) groups excluding carboxylic acids is 1. The highest BCUT2D eigenvalue weighted by atomic mass is 16.2. The van der Waals surface area contributed by atoms with Gasteiger partial charge in [0, 0.05) is 38.0 Å². The summed E-state index contributed by atoms with van der Waals surface area (Å²) >= 11 is 0. The molecule has 2 aliphatic heterocycles. The lowest BCUT2D eigenvalue weighted by Crippen LogP contribution is -2.44. The summed E-state index contributed by atoms with van der Waals surface area (Å²) in [7, 11) is 0. The van der Waals surface area contributed by atoms with Gasteiger partial charge < -0.3 is 4.90 Å². The third-order valence-corrected chi connectivity index (χ3v) is 5.90. The Morgan fingerprint density at radius 3 is 2.64 bits per heavy atom. The molecule has 3 nitrogen and oxygen atoms in total. The lowest BCUT2D eigenvalue weighted by Gasteiger charge is -2.40. The van der Waals surface area contributed by atoms with E-state index in [4.69, 9.17) is 0 Å². The third-order valence-electron chi connectivity index (χ3n) is 5.90. The molecule has 2 fully saturated rings. The van der Waals surface area contributed by atoms with Gasteiger partial charge >= 0.3 is 0 Å². The summed E-state index contributed by atoms with van der Waals surface area (Å²) < 4.78 is 0. The van der Waals surface area contributed by atoms with Crippen molar-refractivity contribution in [3.63, 3.8) is 0 Å². The van der Waals surface area contributed by atoms with Crippen molar-refractivity contribution in [2.75, 3.05) is 26.2 Å². The van der Waals surface area contributed by atoms with E-state index >= 15 is 0 Å². The molecule has 1 aromatic rings. The third kappa shape index (κ3) is 4.33. The standard InChI is InChI=1S/C22H32N2O/c1-4-6-21(25)24-14-12-22(17-24)11-5-13-23(16-22)15-19-7-9-20(10-8-19)18(2)3/h4,7-10,18H,1,5-6,11-17H2,2-3H3. The summed E-state index contributed by atoms with van der Waals surface area (Å²) in [6.07, 6.45) is 5.85. The monoisotopic (exact) mass is 340 g/mol. The van der Waals surface area contributed by atoms with E-state index in [2.05, 4.69) is 54.5 Å². The number of likely N-dealkylation sites (tertiary alicyclic amines) is 2. The van der Waals surface area contributed by atoms with Crippen LogP contribution in [0.5, 0.6) is 0 Å². The van der Waals surface area contributed by atoms with Crippen LogP contribution in [0.15, 0.2) is 36.9 Å². The van der Waals surface area contributed by atoms with E-state index in [0.717, 1.165) is 32.6 Å². The number of amides is 1. The van der Waals surface area contributed by atoms with E-state index in [1.165, 1.54) is 30.5 Å². The number of nitrogens with zero attached hydrogens (tertiary/aromatic N) is 2. The van der Waals surface area contributed by atoms with E-state index in [1.54, 1.807) is 6.08 Å². The first kappa shape index (κ1) is 18.2. The lowest BCUT2D eigenvalue weighted by atomic mass is 9.79. The van der Waals surface area contributed by atoms with Gasteiger partial charge in [-0.3, -0.25) is 9.69 Å². The van der Waals surface area contributed by atoms with Gasteiger partial charge in [0.05, 0.1) is 0 Å². The molecule has 2 saturated heterocycles. The Morgan fingerprint density at radius 2 is 1.96 bits per heavy atom. The SMILES string of the molecule is C=CCC(=O)N1CCC2(CCCN(Cc3ccc(C(C)C)cc3)C2)C1. The Hall–Kier alpha value is -1.61. The Labute approximate surface area is 152 Å². The Bertz CT molecular complexity index is 607. The highest BCUT2D eigenvalue weighted by Gasteiger charge is 2.42. The molecule has 1 atom stereocenters. The lowest BCUT2D eigenvalue weighted by molar-refractivity contribution is -0.129. The van der Waals surface area contributed by atoms with Gasteiger partial charge in [-0.05, 0) is 42.9 Å². The van der Waals surface area contributed by atoms with Crippen LogP contribution in [0.2, 0.25) is 0 Å². The predicted octanol–water partition coefficient (Wildman–Crippen LogP) is 4.20. The summed E-state index contributed by atoms with van der Waals surface area (Å²) in [6, 6.07) is 9.10. The topological polar surface area (TPSA) is 23.6 Å². The largest absolute Gasteiger partial charge is 0.342 e. The number of hydrogen-bond acceptors (Lipinski definition) is 2. The highest BCUT2D eigenvalue weighted by Crippen LogP contribution is 2.39. The van der Waals surface area contributed by atoms with Crippen LogP contribution in [-0.4, -0.2) is 41.9 Å². The van der Waals surface area contributed by atoms with Gasteiger partial charge in [-0.2, -0.15) is 0 Å². The molecule has 2 heterocycles. The molecule has 3 heteroatoms.